The van der Waals surface area contributed by atoms with Crippen molar-refractivity contribution >= 4 is 11.7 Å². The number of aryl methyl sites for hydroxylation is 1. The third kappa shape index (κ3) is 4.63. The fourth-order valence-corrected chi connectivity index (χ4v) is 1.89. The molecule has 2 aromatic rings. The smallest absolute Gasteiger partial charge is 0.240 e. The number of carbonyl (C=O) groups excluding carboxylic acids is 1. The summed E-state index contributed by atoms with van der Waals surface area (Å²) in [5.74, 6) is 1.82. The quantitative estimate of drug-likeness (QED) is 0.878. The summed E-state index contributed by atoms with van der Waals surface area (Å²) in [5.41, 5.74) is 0.859. The first-order valence-electron chi connectivity index (χ1n) is 7.18. The number of nitrogens with zero attached hydrogens (tertiary/aromatic N) is 4. The summed E-state index contributed by atoms with van der Waals surface area (Å²) in [4.78, 5) is 22.3. The van der Waals surface area contributed by atoms with E-state index in [-0.39, 0.29) is 18.4 Å². The summed E-state index contributed by atoms with van der Waals surface area (Å²) >= 11 is 0. The lowest BCUT2D eigenvalue weighted by atomic mass is 10.2. The van der Waals surface area contributed by atoms with Gasteiger partial charge in [-0.25, -0.2) is 4.98 Å². The number of amides is 1. The Morgan fingerprint density at radius 1 is 1.36 bits per heavy atom. The Kier molecular flexibility index (Phi) is 5.21. The van der Waals surface area contributed by atoms with Crippen LogP contribution in [-0.2, 0) is 11.3 Å². The average Bonchev–Trinajstić information content (AvgIpc) is 2.86. The zero-order valence-electron chi connectivity index (χ0n) is 13.3. The second-order valence-electron chi connectivity index (χ2n) is 5.59. The second-order valence-corrected chi connectivity index (χ2v) is 5.59. The minimum Gasteiger partial charge on any atom is -0.338 e. The summed E-state index contributed by atoms with van der Waals surface area (Å²) in [5, 5.41) is 6.67. The van der Waals surface area contributed by atoms with E-state index in [9.17, 15) is 4.79 Å². The maximum absolute atomic E-state index is 12.0. The van der Waals surface area contributed by atoms with E-state index in [1.54, 1.807) is 6.07 Å². The van der Waals surface area contributed by atoms with E-state index in [4.69, 9.17) is 4.52 Å². The maximum atomic E-state index is 12.0. The molecule has 1 amide bonds. The molecule has 0 unspecified atom stereocenters. The highest BCUT2D eigenvalue weighted by Crippen LogP contribution is 2.10. The number of rotatable bonds is 6. The molecule has 0 aliphatic rings. The van der Waals surface area contributed by atoms with Gasteiger partial charge in [-0.3, -0.25) is 9.69 Å². The van der Waals surface area contributed by atoms with Crippen molar-refractivity contribution in [3.8, 4) is 0 Å². The maximum Gasteiger partial charge on any atom is 0.240 e. The average molecular weight is 303 g/mol. The van der Waals surface area contributed by atoms with Crippen LogP contribution in [0, 0.1) is 6.92 Å². The van der Waals surface area contributed by atoms with Gasteiger partial charge in [0, 0.05) is 11.6 Å². The van der Waals surface area contributed by atoms with E-state index in [1.807, 2.05) is 44.9 Å². The first-order valence-corrected chi connectivity index (χ1v) is 7.18. The summed E-state index contributed by atoms with van der Waals surface area (Å²) in [6.45, 7) is 6.52. The molecule has 0 bridgehead atoms. The molecule has 7 heteroatoms. The Hall–Kier alpha value is -2.28. The number of anilines is 1. The molecule has 0 spiro atoms. The molecule has 118 valence electrons. The summed E-state index contributed by atoms with van der Waals surface area (Å²) in [6, 6.07) is 5.50. The molecule has 0 fully saturated rings. The molecule has 1 N–H and O–H groups in total. The molecule has 0 aromatic carbocycles. The van der Waals surface area contributed by atoms with Crippen molar-refractivity contribution in [1.82, 2.24) is 20.0 Å². The molecule has 0 saturated heterocycles. The van der Waals surface area contributed by atoms with Crippen molar-refractivity contribution < 1.29 is 9.32 Å². The molecule has 0 saturated carbocycles. The molecule has 0 aliphatic carbocycles. The van der Waals surface area contributed by atoms with Crippen LogP contribution in [-0.4, -0.2) is 39.5 Å². The van der Waals surface area contributed by atoms with Gasteiger partial charge in [0.2, 0.25) is 11.8 Å². The lowest BCUT2D eigenvalue weighted by molar-refractivity contribution is -0.117. The van der Waals surface area contributed by atoms with Crippen LogP contribution in [0.5, 0.6) is 0 Å². The Labute approximate surface area is 129 Å². The number of hydrogen-bond donors (Lipinski definition) is 1. The standard InChI is InChI=1S/C15H21N5O2/c1-10(2)15-18-14(22-19-15)9-20(4)8-13(21)17-12-7-5-6-11(3)16-12/h5-7,10H,8-9H2,1-4H3,(H,16,17,21). The van der Waals surface area contributed by atoms with Crippen molar-refractivity contribution in [1.29, 1.82) is 0 Å². The molecule has 2 heterocycles. The van der Waals surface area contributed by atoms with Crippen molar-refractivity contribution in [3.05, 3.63) is 35.6 Å². The normalized spacial score (nSPS) is 11.2. The monoisotopic (exact) mass is 303 g/mol. The molecule has 7 nitrogen and oxygen atoms in total. The summed E-state index contributed by atoms with van der Waals surface area (Å²) < 4.78 is 5.17. The topological polar surface area (TPSA) is 84.2 Å². The van der Waals surface area contributed by atoms with Gasteiger partial charge in [-0.15, -0.1) is 0 Å². The van der Waals surface area contributed by atoms with Crippen LogP contribution in [0.2, 0.25) is 0 Å². The van der Waals surface area contributed by atoms with Gasteiger partial charge in [-0.2, -0.15) is 4.98 Å². The van der Waals surface area contributed by atoms with Crippen LogP contribution in [0.25, 0.3) is 0 Å². The van der Waals surface area contributed by atoms with Crippen LogP contribution in [0.15, 0.2) is 22.7 Å². The third-order valence-electron chi connectivity index (χ3n) is 2.97. The van der Waals surface area contributed by atoms with Crippen molar-refractivity contribution in [2.75, 3.05) is 18.9 Å². The van der Waals surface area contributed by atoms with Gasteiger partial charge in [-0.1, -0.05) is 25.1 Å². The molecule has 22 heavy (non-hydrogen) atoms. The Bertz CT molecular complexity index is 638. The van der Waals surface area contributed by atoms with E-state index in [1.165, 1.54) is 0 Å². The van der Waals surface area contributed by atoms with Gasteiger partial charge < -0.3 is 9.84 Å². The molecule has 0 aliphatic heterocycles. The van der Waals surface area contributed by atoms with Gasteiger partial charge >= 0.3 is 0 Å². The largest absolute Gasteiger partial charge is 0.338 e. The zero-order chi connectivity index (χ0) is 16.1. The minimum absolute atomic E-state index is 0.135. The zero-order valence-corrected chi connectivity index (χ0v) is 13.3. The van der Waals surface area contributed by atoms with E-state index in [2.05, 4.69) is 20.4 Å². The highest BCUT2D eigenvalue weighted by atomic mass is 16.5. The number of carbonyl (C=O) groups is 1. The Balaban J connectivity index is 1.85. The second kappa shape index (κ2) is 7.13. The number of aromatic nitrogens is 3. The Morgan fingerprint density at radius 2 is 2.14 bits per heavy atom. The molecule has 2 aromatic heterocycles. The predicted molar refractivity (Wildman–Crippen MR) is 82.3 cm³/mol. The Morgan fingerprint density at radius 3 is 2.77 bits per heavy atom. The lowest BCUT2D eigenvalue weighted by Gasteiger charge is -2.13. The highest BCUT2D eigenvalue weighted by Gasteiger charge is 2.13. The molecule has 2 rings (SSSR count). The summed E-state index contributed by atoms with van der Waals surface area (Å²) in [6.07, 6.45) is 0. The van der Waals surface area contributed by atoms with Crippen LogP contribution in [0.1, 0.15) is 37.2 Å². The van der Waals surface area contributed by atoms with Crippen molar-refractivity contribution in [2.45, 2.75) is 33.2 Å². The van der Waals surface area contributed by atoms with E-state index >= 15 is 0 Å². The van der Waals surface area contributed by atoms with Crippen molar-refractivity contribution in [2.24, 2.45) is 0 Å². The third-order valence-corrected chi connectivity index (χ3v) is 2.97. The molecule has 0 atom stereocenters. The molecular formula is C15H21N5O2. The number of hydrogen-bond acceptors (Lipinski definition) is 6. The minimum atomic E-state index is -0.135. The molecule has 0 radical (unpaired) electrons. The SMILES string of the molecule is Cc1cccc(NC(=O)CN(C)Cc2nc(C(C)C)no2)n1. The predicted octanol–water partition coefficient (Wildman–Crippen LogP) is 1.97. The first-order chi connectivity index (χ1) is 10.4. The van der Waals surface area contributed by atoms with Crippen LogP contribution in [0.4, 0.5) is 5.82 Å². The van der Waals surface area contributed by atoms with Crippen LogP contribution in [0.3, 0.4) is 0 Å². The van der Waals surface area contributed by atoms with Gasteiger partial charge in [-0.05, 0) is 26.1 Å². The van der Waals surface area contributed by atoms with Gasteiger partial charge in [0.25, 0.3) is 0 Å². The van der Waals surface area contributed by atoms with Crippen LogP contribution >= 0.6 is 0 Å². The van der Waals surface area contributed by atoms with Crippen LogP contribution < -0.4 is 5.32 Å². The summed E-state index contributed by atoms with van der Waals surface area (Å²) in [7, 11) is 1.82. The number of pyridine rings is 1. The van der Waals surface area contributed by atoms with E-state index < -0.39 is 0 Å². The highest BCUT2D eigenvalue weighted by molar-refractivity contribution is 5.91. The molecular weight excluding hydrogens is 282 g/mol. The van der Waals surface area contributed by atoms with E-state index in [0.717, 1.165) is 5.69 Å². The fraction of sp³-hybridized carbons (Fsp3) is 0.467. The van der Waals surface area contributed by atoms with Gasteiger partial charge in [0.05, 0.1) is 13.1 Å². The first kappa shape index (κ1) is 16.1. The fourth-order valence-electron chi connectivity index (χ4n) is 1.89. The number of likely N-dealkylation sites (N-methyl/N-ethyl adjacent to an activating group) is 1. The van der Waals surface area contributed by atoms with Crippen molar-refractivity contribution in [3.63, 3.8) is 0 Å². The lowest BCUT2D eigenvalue weighted by Crippen LogP contribution is -2.30. The van der Waals surface area contributed by atoms with Gasteiger partial charge in [0.1, 0.15) is 5.82 Å². The number of nitrogens with one attached hydrogen (secondary N) is 1. The van der Waals surface area contributed by atoms with E-state index in [0.29, 0.717) is 24.1 Å². The van der Waals surface area contributed by atoms with Gasteiger partial charge in [0.15, 0.2) is 5.82 Å².